The van der Waals surface area contributed by atoms with Crippen molar-refractivity contribution in [2.45, 2.75) is 13.0 Å². The highest BCUT2D eigenvalue weighted by molar-refractivity contribution is 5.77. The molecule has 1 aromatic rings. The summed E-state index contributed by atoms with van der Waals surface area (Å²) >= 11 is 0. The van der Waals surface area contributed by atoms with Crippen molar-refractivity contribution >= 4 is 18.0 Å². The van der Waals surface area contributed by atoms with Crippen molar-refractivity contribution in [2.75, 3.05) is 52.5 Å². The van der Waals surface area contributed by atoms with Crippen molar-refractivity contribution in [3.8, 4) is 12.3 Å². The van der Waals surface area contributed by atoms with Gasteiger partial charge in [0.15, 0.2) is 0 Å². The van der Waals surface area contributed by atoms with Gasteiger partial charge < -0.3 is 30.7 Å². The normalized spacial score (nSPS) is 17.7. The van der Waals surface area contributed by atoms with E-state index >= 15 is 0 Å². The van der Waals surface area contributed by atoms with Gasteiger partial charge >= 0.3 is 0 Å². The van der Waals surface area contributed by atoms with Gasteiger partial charge in [-0.15, -0.1) is 6.42 Å². The molecule has 1 aromatic heterocycles. The fourth-order valence-corrected chi connectivity index (χ4v) is 2.96. The van der Waals surface area contributed by atoms with Crippen molar-refractivity contribution < 1.29 is 14.2 Å². The summed E-state index contributed by atoms with van der Waals surface area (Å²) in [5, 5.41) is 4.35. The third-order valence-electron chi connectivity index (χ3n) is 4.39. The summed E-state index contributed by atoms with van der Waals surface area (Å²) in [6.45, 7) is 9.57. The van der Waals surface area contributed by atoms with Crippen LogP contribution in [0.3, 0.4) is 0 Å². The van der Waals surface area contributed by atoms with E-state index in [4.69, 9.17) is 32.2 Å². The monoisotopic (exact) mass is 414 g/mol. The van der Waals surface area contributed by atoms with Crippen LogP contribution in [0, 0.1) is 12.3 Å². The molecule has 2 heterocycles. The second kappa shape index (κ2) is 11.8. The molecule has 1 saturated heterocycles. The van der Waals surface area contributed by atoms with Crippen molar-refractivity contribution in [3.63, 3.8) is 0 Å². The molecule has 1 aliphatic heterocycles. The van der Waals surface area contributed by atoms with E-state index < -0.39 is 0 Å². The van der Waals surface area contributed by atoms with Gasteiger partial charge in [0.2, 0.25) is 0 Å². The van der Waals surface area contributed by atoms with Crippen LogP contribution in [0.25, 0.3) is 11.6 Å². The molecule has 2 rings (SSSR count). The van der Waals surface area contributed by atoms with Gasteiger partial charge in [0.25, 0.3) is 0 Å². The molecule has 0 aromatic carbocycles. The summed E-state index contributed by atoms with van der Waals surface area (Å²) in [6, 6.07) is 0. The van der Waals surface area contributed by atoms with Crippen LogP contribution in [0.15, 0.2) is 29.5 Å². The second-order valence-electron chi connectivity index (χ2n) is 6.60. The largest absolute Gasteiger partial charge is 0.390 e. The summed E-state index contributed by atoms with van der Waals surface area (Å²) in [5.74, 6) is 9.35. The van der Waals surface area contributed by atoms with Gasteiger partial charge in [-0.25, -0.2) is 4.99 Å². The highest BCUT2D eigenvalue weighted by Crippen LogP contribution is 2.24. The first-order valence-corrected chi connectivity index (χ1v) is 9.61. The van der Waals surface area contributed by atoms with Gasteiger partial charge in [0, 0.05) is 20.2 Å². The van der Waals surface area contributed by atoms with Gasteiger partial charge in [0.1, 0.15) is 17.2 Å². The number of methoxy groups -OCH3 is 1. The van der Waals surface area contributed by atoms with E-state index in [1.54, 1.807) is 19.3 Å². The minimum Gasteiger partial charge on any atom is -0.390 e. The highest BCUT2D eigenvalue weighted by atomic mass is 16.5. The number of terminal acetylenes is 1. The quantitative estimate of drug-likeness (QED) is 0.145. The minimum absolute atomic E-state index is 0.0933. The topological polar surface area (TPSA) is 113 Å². The molecule has 0 unspecified atom stereocenters. The van der Waals surface area contributed by atoms with Crippen LogP contribution < -0.4 is 11.6 Å². The van der Waals surface area contributed by atoms with Crippen LogP contribution in [0.2, 0.25) is 0 Å². The van der Waals surface area contributed by atoms with E-state index in [0.29, 0.717) is 67.9 Å². The minimum atomic E-state index is 0.0933. The van der Waals surface area contributed by atoms with Gasteiger partial charge in [-0.3, -0.25) is 0 Å². The molecule has 162 valence electrons. The van der Waals surface area contributed by atoms with Crippen molar-refractivity contribution in [3.05, 3.63) is 41.5 Å². The lowest BCUT2D eigenvalue weighted by atomic mass is 10.1. The Hall–Kier alpha value is -3.06. The molecule has 9 nitrogen and oxygen atoms in total. The highest BCUT2D eigenvalue weighted by Gasteiger charge is 2.20. The zero-order chi connectivity index (χ0) is 21.9. The fraction of sp³-hybridized carbons (Fsp3) is 0.429. The van der Waals surface area contributed by atoms with E-state index in [0.717, 1.165) is 0 Å². The van der Waals surface area contributed by atoms with Gasteiger partial charge in [0.05, 0.1) is 44.4 Å². The Labute approximate surface area is 177 Å². The molecule has 0 amide bonds. The van der Waals surface area contributed by atoms with Crippen molar-refractivity contribution in [1.29, 1.82) is 0 Å². The number of hydrogen-bond acceptors (Lipinski definition) is 7. The Morgan fingerprint density at radius 2 is 2.30 bits per heavy atom. The van der Waals surface area contributed by atoms with Gasteiger partial charge in [-0.05, 0) is 24.6 Å². The molecule has 1 aliphatic rings. The Morgan fingerprint density at radius 3 is 2.97 bits per heavy atom. The molecule has 4 N–H and O–H groups in total. The van der Waals surface area contributed by atoms with Crippen LogP contribution in [0.5, 0.6) is 0 Å². The van der Waals surface area contributed by atoms with Crippen molar-refractivity contribution in [2.24, 2.45) is 10.7 Å². The maximum Gasteiger partial charge on any atom is 0.131 e. The SMILES string of the molecule is C#Cc1c(C(=C)/C=C(\N=C/N)N2CCO[C@@H](C)C2)nn(N)c1/C=C\COCCOC. The Bertz CT molecular complexity index is 850. The number of nitrogen functional groups attached to an aromatic ring is 1. The van der Waals surface area contributed by atoms with E-state index in [2.05, 4.69) is 27.5 Å². The van der Waals surface area contributed by atoms with Gasteiger partial charge in [-0.2, -0.15) is 9.89 Å². The first-order valence-electron chi connectivity index (χ1n) is 9.61. The number of aliphatic imine (C=N–C) groups is 1. The zero-order valence-corrected chi connectivity index (χ0v) is 17.6. The lowest BCUT2D eigenvalue weighted by Gasteiger charge is -2.32. The lowest BCUT2D eigenvalue weighted by Crippen LogP contribution is -2.40. The number of nitrogens with two attached hydrogens (primary N) is 2. The molecule has 1 atom stereocenters. The average molecular weight is 415 g/mol. The van der Waals surface area contributed by atoms with Crippen LogP contribution in [0.1, 0.15) is 23.9 Å². The summed E-state index contributed by atoms with van der Waals surface area (Å²) in [6.07, 6.45) is 12.5. The molecule has 0 saturated carbocycles. The summed E-state index contributed by atoms with van der Waals surface area (Å²) in [5.41, 5.74) is 7.76. The molecule has 9 heteroatoms. The maximum absolute atomic E-state index is 6.03. The number of nitrogens with zero attached hydrogens (tertiary/aromatic N) is 4. The lowest BCUT2D eigenvalue weighted by molar-refractivity contribution is -0.00611. The second-order valence-corrected chi connectivity index (χ2v) is 6.60. The number of ether oxygens (including phenoxy) is 3. The fourth-order valence-electron chi connectivity index (χ4n) is 2.96. The average Bonchev–Trinajstić information content (AvgIpc) is 3.05. The van der Waals surface area contributed by atoms with Crippen LogP contribution in [0.4, 0.5) is 0 Å². The molecule has 0 radical (unpaired) electrons. The Morgan fingerprint density at radius 1 is 1.50 bits per heavy atom. The first kappa shape index (κ1) is 23.2. The summed E-state index contributed by atoms with van der Waals surface area (Å²) < 4.78 is 15.9. The molecule has 0 aliphatic carbocycles. The maximum atomic E-state index is 6.03. The van der Waals surface area contributed by atoms with Crippen LogP contribution in [-0.2, 0) is 14.2 Å². The molecule has 0 spiro atoms. The third kappa shape index (κ3) is 6.22. The molecule has 1 fully saturated rings. The predicted molar refractivity (Wildman–Crippen MR) is 119 cm³/mol. The number of allylic oxidation sites excluding steroid dienone is 2. The Balaban J connectivity index is 2.22. The molecular weight excluding hydrogens is 384 g/mol. The smallest absolute Gasteiger partial charge is 0.131 e. The first-order chi connectivity index (χ1) is 14.5. The van der Waals surface area contributed by atoms with Crippen LogP contribution in [-0.4, -0.2) is 73.9 Å². The molecule has 0 bridgehead atoms. The standard InChI is InChI=1S/C21H30N6O3/c1-5-18-19(7-6-9-29-12-11-28-4)27(23)25-21(18)16(2)13-20(24-15-22)26-8-10-30-17(3)14-26/h1,6-7,13,15,17H,2,8-12,14,23H2,3-4H3,(H2,22,24)/b7-6-,20-13+/t17-/m0/s1. The predicted octanol–water partition coefficient (Wildman–Crippen LogP) is 0.817. The summed E-state index contributed by atoms with van der Waals surface area (Å²) in [4.78, 5) is 7.60. The van der Waals surface area contributed by atoms with E-state index in [9.17, 15) is 0 Å². The zero-order valence-electron chi connectivity index (χ0n) is 17.6. The Kier molecular flexibility index (Phi) is 9.15. The van der Waals surface area contributed by atoms with Gasteiger partial charge in [-0.1, -0.05) is 18.6 Å². The molecule has 30 heavy (non-hydrogen) atoms. The van der Waals surface area contributed by atoms with E-state index in [1.165, 1.54) is 11.1 Å². The third-order valence-corrected chi connectivity index (χ3v) is 4.39. The van der Waals surface area contributed by atoms with E-state index in [1.807, 2.05) is 13.0 Å². The number of aromatic nitrogens is 2. The van der Waals surface area contributed by atoms with Crippen LogP contribution >= 0.6 is 0 Å². The number of hydrogen-bond donors (Lipinski definition) is 2. The van der Waals surface area contributed by atoms with E-state index in [-0.39, 0.29) is 6.10 Å². The summed E-state index contributed by atoms with van der Waals surface area (Å²) in [7, 11) is 1.62. The number of rotatable bonds is 10. The number of morpholine rings is 1. The van der Waals surface area contributed by atoms with Crippen molar-refractivity contribution in [1.82, 2.24) is 14.8 Å². The molecular formula is C21H30N6O3.